The van der Waals surface area contributed by atoms with Gasteiger partial charge in [0.05, 0.1) is 5.41 Å². The summed E-state index contributed by atoms with van der Waals surface area (Å²) in [6.07, 6.45) is 5.78. The number of rotatable bonds is 7. The third-order valence-corrected chi connectivity index (χ3v) is 4.29. The van der Waals surface area contributed by atoms with Crippen molar-refractivity contribution < 1.29 is 9.90 Å². The second-order valence-corrected chi connectivity index (χ2v) is 6.48. The van der Waals surface area contributed by atoms with E-state index in [0.29, 0.717) is 24.9 Å². The van der Waals surface area contributed by atoms with Crippen LogP contribution in [0.4, 0.5) is 0 Å². The van der Waals surface area contributed by atoms with Gasteiger partial charge in [0.2, 0.25) is 0 Å². The number of hydrogen-bond acceptors (Lipinski definition) is 2. The lowest BCUT2D eigenvalue weighted by Gasteiger charge is -2.36. The Morgan fingerprint density at radius 1 is 1.39 bits per heavy atom. The van der Waals surface area contributed by atoms with E-state index in [-0.39, 0.29) is 0 Å². The average molecular weight is 255 g/mol. The molecule has 18 heavy (non-hydrogen) atoms. The predicted molar refractivity (Wildman–Crippen MR) is 74.7 cm³/mol. The van der Waals surface area contributed by atoms with Gasteiger partial charge in [-0.1, -0.05) is 33.6 Å². The van der Waals surface area contributed by atoms with Crippen LogP contribution >= 0.6 is 0 Å². The fourth-order valence-electron chi connectivity index (χ4n) is 2.86. The maximum atomic E-state index is 11.5. The lowest BCUT2D eigenvalue weighted by atomic mass is 9.86. The number of carboxylic acids is 1. The van der Waals surface area contributed by atoms with Gasteiger partial charge in [-0.2, -0.15) is 0 Å². The Morgan fingerprint density at radius 2 is 1.94 bits per heavy atom. The monoisotopic (exact) mass is 255 g/mol. The highest BCUT2D eigenvalue weighted by atomic mass is 16.4. The highest BCUT2D eigenvalue weighted by molar-refractivity contribution is 5.74. The SMILES string of the molecule is CCC(C)(CN(CC(C)C)C1CCCC1)C(=O)O. The quantitative estimate of drug-likeness (QED) is 0.758. The number of aliphatic carboxylic acids is 1. The van der Waals surface area contributed by atoms with E-state index in [1.807, 2.05) is 13.8 Å². The summed E-state index contributed by atoms with van der Waals surface area (Å²) >= 11 is 0. The van der Waals surface area contributed by atoms with Crippen LogP contribution in [-0.4, -0.2) is 35.1 Å². The van der Waals surface area contributed by atoms with Gasteiger partial charge in [-0.3, -0.25) is 9.69 Å². The van der Waals surface area contributed by atoms with Gasteiger partial charge >= 0.3 is 5.97 Å². The first-order valence-corrected chi connectivity index (χ1v) is 7.36. The Hall–Kier alpha value is -0.570. The van der Waals surface area contributed by atoms with Crippen LogP contribution in [0.3, 0.4) is 0 Å². The Bertz CT molecular complexity index is 272. The van der Waals surface area contributed by atoms with E-state index in [1.54, 1.807) is 0 Å². The van der Waals surface area contributed by atoms with Crippen molar-refractivity contribution in [1.82, 2.24) is 4.90 Å². The summed E-state index contributed by atoms with van der Waals surface area (Å²) in [5.74, 6) is -0.0581. The molecule has 3 nitrogen and oxygen atoms in total. The Balaban J connectivity index is 2.73. The summed E-state index contributed by atoms with van der Waals surface area (Å²) in [5, 5.41) is 9.43. The van der Waals surface area contributed by atoms with E-state index in [0.717, 1.165) is 6.54 Å². The summed E-state index contributed by atoms with van der Waals surface area (Å²) in [7, 11) is 0. The summed E-state index contributed by atoms with van der Waals surface area (Å²) in [6, 6.07) is 0.609. The van der Waals surface area contributed by atoms with Crippen LogP contribution in [0.25, 0.3) is 0 Å². The molecule has 1 unspecified atom stereocenters. The van der Waals surface area contributed by atoms with Crippen molar-refractivity contribution in [1.29, 1.82) is 0 Å². The molecule has 0 aromatic carbocycles. The summed E-state index contributed by atoms with van der Waals surface area (Å²) in [6.45, 7) is 10.0. The molecule has 0 spiro atoms. The third kappa shape index (κ3) is 3.98. The zero-order valence-electron chi connectivity index (χ0n) is 12.4. The average Bonchev–Trinajstić information content (AvgIpc) is 2.80. The molecule has 1 rings (SSSR count). The van der Waals surface area contributed by atoms with Gasteiger partial charge in [-0.15, -0.1) is 0 Å². The second kappa shape index (κ2) is 6.55. The molecular formula is C15H29NO2. The van der Waals surface area contributed by atoms with Crippen LogP contribution in [0.2, 0.25) is 0 Å². The number of carbonyl (C=O) groups is 1. The molecule has 0 bridgehead atoms. The van der Waals surface area contributed by atoms with Crippen molar-refractivity contribution in [3.05, 3.63) is 0 Å². The van der Waals surface area contributed by atoms with Crippen LogP contribution in [-0.2, 0) is 4.79 Å². The van der Waals surface area contributed by atoms with E-state index >= 15 is 0 Å². The molecule has 1 saturated carbocycles. The van der Waals surface area contributed by atoms with Gasteiger partial charge < -0.3 is 5.11 Å². The minimum atomic E-state index is -0.656. The summed E-state index contributed by atoms with van der Waals surface area (Å²) < 4.78 is 0. The first-order valence-electron chi connectivity index (χ1n) is 7.36. The van der Waals surface area contributed by atoms with Gasteiger partial charge in [0, 0.05) is 19.1 Å². The maximum Gasteiger partial charge on any atom is 0.310 e. The Kier molecular flexibility index (Phi) is 5.64. The van der Waals surface area contributed by atoms with E-state index in [9.17, 15) is 9.90 Å². The molecule has 0 aromatic rings. The molecule has 1 aliphatic carbocycles. The first-order chi connectivity index (χ1) is 8.39. The maximum absolute atomic E-state index is 11.5. The van der Waals surface area contributed by atoms with Gasteiger partial charge in [0.1, 0.15) is 0 Å². The number of hydrogen-bond donors (Lipinski definition) is 1. The fraction of sp³-hybridized carbons (Fsp3) is 0.933. The second-order valence-electron chi connectivity index (χ2n) is 6.48. The van der Waals surface area contributed by atoms with Crippen LogP contribution in [0, 0.1) is 11.3 Å². The van der Waals surface area contributed by atoms with E-state index < -0.39 is 11.4 Å². The van der Waals surface area contributed by atoms with E-state index in [2.05, 4.69) is 18.7 Å². The molecule has 1 fully saturated rings. The molecular weight excluding hydrogens is 226 g/mol. The normalized spacial score (nSPS) is 20.6. The van der Waals surface area contributed by atoms with Crippen LogP contribution < -0.4 is 0 Å². The Morgan fingerprint density at radius 3 is 2.33 bits per heavy atom. The first kappa shape index (κ1) is 15.5. The number of carboxylic acid groups (broad SMARTS) is 1. The molecule has 0 radical (unpaired) electrons. The smallest absolute Gasteiger partial charge is 0.310 e. The van der Waals surface area contributed by atoms with Crippen molar-refractivity contribution in [2.75, 3.05) is 13.1 Å². The highest BCUT2D eigenvalue weighted by Crippen LogP contribution is 2.30. The minimum absolute atomic E-state index is 0.598. The van der Waals surface area contributed by atoms with Crippen LogP contribution in [0.5, 0.6) is 0 Å². The van der Waals surface area contributed by atoms with Crippen molar-refractivity contribution >= 4 is 5.97 Å². The van der Waals surface area contributed by atoms with Gasteiger partial charge in [-0.05, 0) is 32.1 Å². The van der Waals surface area contributed by atoms with Crippen molar-refractivity contribution in [3.8, 4) is 0 Å². The summed E-state index contributed by atoms with van der Waals surface area (Å²) in [5.41, 5.74) is -0.600. The molecule has 0 saturated heterocycles. The molecule has 0 heterocycles. The predicted octanol–water partition coefficient (Wildman–Crippen LogP) is 3.39. The van der Waals surface area contributed by atoms with Crippen LogP contribution in [0.1, 0.15) is 59.8 Å². The lowest BCUT2D eigenvalue weighted by molar-refractivity contribution is -0.149. The minimum Gasteiger partial charge on any atom is -0.481 e. The van der Waals surface area contributed by atoms with Crippen molar-refractivity contribution in [3.63, 3.8) is 0 Å². The van der Waals surface area contributed by atoms with Crippen molar-refractivity contribution in [2.24, 2.45) is 11.3 Å². The van der Waals surface area contributed by atoms with Crippen molar-refractivity contribution in [2.45, 2.75) is 65.8 Å². The Labute approximate surface area is 112 Å². The molecule has 0 aliphatic heterocycles. The molecule has 1 aliphatic rings. The standard InChI is InChI=1S/C15H29NO2/c1-5-15(4,14(17)18)11-16(10-12(2)3)13-8-6-7-9-13/h12-13H,5-11H2,1-4H3,(H,17,18). The zero-order valence-corrected chi connectivity index (χ0v) is 12.4. The largest absolute Gasteiger partial charge is 0.481 e. The van der Waals surface area contributed by atoms with E-state index in [1.165, 1.54) is 25.7 Å². The lowest BCUT2D eigenvalue weighted by Crippen LogP contribution is -2.46. The van der Waals surface area contributed by atoms with Crippen LogP contribution in [0.15, 0.2) is 0 Å². The zero-order chi connectivity index (χ0) is 13.8. The molecule has 1 atom stereocenters. The molecule has 3 heteroatoms. The topological polar surface area (TPSA) is 40.5 Å². The van der Waals surface area contributed by atoms with Gasteiger partial charge in [-0.25, -0.2) is 0 Å². The van der Waals surface area contributed by atoms with E-state index in [4.69, 9.17) is 0 Å². The summed E-state index contributed by atoms with van der Waals surface area (Å²) in [4.78, 5) is 13.9. The fourth-order valence-corrected chi connectivity index (χ4v) is 2.86. The molecule has 0 aromatic heterocycles. The van der Waals surface area contributed by atoms with Gasteiger partial charge in [0.25, 0.3) is 0 Å². The highest BCUT2D eigenvalue weighted by Gasteiger charge is 2.36. The molecule has 1 N–H and O–H groups in total. The molecule has 0 amide bonds. The molecule has 106 valence electrons. The number of nitrogens with zero attached hydrogens (tertiary/aromatic N) is 1. The third-order valence-electron chi connectivity index (χ3n) is 4.29. The van der Waals surface area contributed by atoms with Gasteiger partial charge in [0.15, 0.2) is 0 Å².